The number of rotatable bonds is 6. The molecule has 1 atom stereocenters. The summed E-state index contributed by atoms with van der Waals surface area (Å²) in [6.07, 6.45) is 4.66. The number of nitriles is 1. The molecule has 4 rings (SSSR count). The zero-order valence-corrected chi connectivity index (χ0v) is 18.7. The standard InChI is InChI=1S/C24H23ClN6O2/c1-2-22(32)30-11-5-6-16(14-30)24-23(27)20(13-26)31(29-24)18-8-9-21(19(25)12-18)33-15-17-7-3-4-10-28-17/h2-4,7-10,12,16H,1,5-6,11,14-15,27H2. The smallest absolute Gasteiger partial charge is 0.245 e. The predicted molar refractivity (Wildman–Crippen MR) is 125 cm³/mol. The molecular formula is C24H23ClN6O2. The van der Waals surface area contributed by atoms with Crippen molar-refractivity contribution in [3.8, 4) is 17.5 Å². The Hall–Kier alpha value is -3.83. The van der Waals surface area contributed by atoms with Crippen molar-refractivity contribution < 1.29 is 9.53 Å². The molecule has 3 aromatic rings. The van der Waals surface area contributed by atoms with Gasteiger partial charge in [0.2, 0.25) is 5.91 Å². The van der Waals surface area contributed by atoms with Crippen LogP contribution in [-0.2, 0) is 11.4 Å². The van der Waals surface area contributed by atoms with Gasteiger partial charge in [0.1, 0.15) is 18.4 Å². The summed E-state index contributed by atoms with van der Waals surface area (Å²) in [5.41, 5.74) is 8.86. The molecule has 2 aromatic heterocycles. The minimum absolute atomic E-state index is 0.0625. The number of carbonyl (C=O) groups excluding carboxylic acids is 1. The quantitative estimate of drug-likeness (QED) is 0.557. The third-order valence-electron chi connectivity index (χ3n) is 5.61. The molecule has 0 saturated carbocycles. The van der Waals surface area contributed by atoms with E-state index in [-0.39, 0.29) is 24.1 Å². The number of benzene rings is 1. The van der Waals surface area contributed by atoms with Crippen molar-refractivity contribution in [2.45, 2.75) is 25.4 Å². The zero-order valence-electron chi connectivity index (χ0n) is 17.9. The normalized spacial score (nSPS) is 15.6. The predicted octanol–water partition coefficient (Wildman–Crippen LogP) is 3.85. The Labute approximate surface area is 196 Å². The topological polar surface area (TPSA) is 110 Å². The van der Waals surface area contributed by atoms with Crippen LogP contribution in [0, 0.1) is 11.3 Å². The summed E-state index contributed by atoms with van der Waals surface area (Å²) in [5, 5.41) is 14.8. The highest BCUT2D eigenvalue weighted by Crippen LogP contribution is 2.34. The number of anilines is 1. The van der Waals surface area contributed by atoms with Crippen LogP contribution in [0.1, 0.15) is 35.8 Å². The average molecular weight is 463 g/mol. The number of amides is 1. The van der Waals surface area contributed by atoms with Crippen molar-refractivity contribution >= 4 is 23.2 Å². The molecule has 8 nitrogen and oxygen atoms in total. The number of nitrogens with zero attached hydrogens (tertiary/aromatic N) is 5. The Kier molecular flexibility index (Phi) is 6.61. The van der Waals surface area contributed by atoms with Crippen LogP contribution in [0.3, 0.4) is 0 Å². The molecule has 1 saturated heterocycles. The van der Waals surface area contributed by atoms with Crippen LogP contribution in [0.5, 0.6) is 5.75 Å². The van der Waals surface area contributed by atoms with E-state index in [9.17, 15) is 10.1 Å². The van der Waals surface area contributed by atoms with Gasteiger partial charge < -0.3 is 15.4 Å². The number of hydrogen-bond acceptors (Lipinski definition) is 6. The second-order valence-electron chi connectivity index (χ2n) is 7.72. The highest BCUT2D eigenvalue weighted by atomic mass is 35.5. The Morgan fingerprint density at radius 1 is 1.39 bits per heavy atom. The van der Waals surface area contributed by atoms with Crippen LogP contribution in [0.4, 0.5) is 5.69 Å². The van der Waals surface area contributed by atoms with E-state index in [0.29, 0.717) is 40.9 Å². The number of carbonyl (C=O) groups is 1. The van der Waals surface area contributed by atoms with Gasteiger partial charge >= 0.3 is 0 Å². The molecule has 0 spiro atoms. The van der Waals surface area contributed by atoms with Crippen molar-refractivity contribution in [2.75, 3.05) is 18.8 Å². The van der Waals surface area contributed by atoms with Gasteiger partial charge in [0.15, 0.2) is 5.69 Å². The van der Waals surface area contributed by atoms with Gasteiger partial charge in [-0.25, -0.2) is 4.68 Å². The third kappa shape index (κ3) is 4.69. The molecule has 0 aliphatic carbocycles. The van der Waals surface area contributed by atoms with Gasteiger partial charge in [-0.1, -0.05) is 24.2 Å². The van der Waals surface area contributed by atoms with E-state index in [4.69, 9.17) is 22.1 Å². The van der Waals surface area contributed by atoms with E-state index in [1.807, 2.05) is 18.2 Å². The van der Waals surface area contributed by atoms with Crippen molar-refractivity contribution in [2.24, 2.45) is 0 Å². The Morgan fingerprint density at radius 2 is 2.24 bits per heavy atom. The Bertz CT molecular complexity index is 1220. The largest absolute Gasteiger partial charge is 0.486 e. The third-order valence-corrected chi connectivity index (χ3v) is 5.91. The number of aromatic nitrogens is 3. The molecule has 1 amide bonds. The van der Waals surface area contributed by atoms with E-state index in [0.717, 1.165) is 18.5 Å². The van der Waals surface area contributed by atoms with Gasteiger partial charge in [-0.15, -0.1) is 0 Å². The highest BCUT2D eigenvalue weighted by molar-refractivity contribution is 6.32. The second kappa shape index (κ2) is 9.76. The number of pyridine rings is 1. The van der Waals surface area contributed by atoms with Crippen LogP contribution in [0.15, 0.2) is 55.3 Å². The van der Waals surface area contributed by atoms with Gasteiger partial charge in [-0.05, 0) is 49.2 Å². The van der Waals surface area contributed by atoms with E-state index >= 15 is 0 Å². The molecule has 33 heavy (non-hydrogen) atoms. The lowest BCUT2D eigenvalue weighted by molar-refractivity contribution is -0.127. The lowest BCUT2D eigenvalue weighted by atomic mass is 9.93. The molecule has 1 fully saturated rings. The van der Waals surface area contributed by atoms with E-state index in [1.54, 1.807) is 29.3 Å². The summed E-state index contributed by atoms with van der Waals surface area (Å²) >= 11 is 6.45. The average Bonchev–Trinajstić information content (AvgIpc) is 3.19. The molecule has 1 aliphatic heterocycles. The van der Waals surface area contributed by atoms with E-state index in [1.165, 1.54) is 10.8 Å². The molecule has 1 aromatic carbocycles. The molecule has 0 bridgehead atoms. The number of piperidine rings is 1. The first kappa shape index (κ1) is 22.4. The van der Waals surface area contributed by atoms with Gasteiger partial charge in [0, 0.05) is 25.2 Å². The number of nitrogen functional groups attached to an aromatic ring is 1. The molecule has 9 heteroatoms. The zero-order chi connectivity index (χ0) is 23.4. The molecule has 1 aliphatic rings. The Balaban J connectivity index is 1.59. The monoisotopic (exact) mass is 462 g/mol. The highest BCUT2D eigenvalue weighted by Gasteiger charge is 2.29. The molecular weight excluding hydrogens is 440 g/mol. The van der Waals surface area contributed by atoms with Crippen LogP contribution < -0.4 is 10.5 Å². The summed E-state index contributed by atoms with van der Waals surface area (Å²) in [6.45, 7) is 5.00. The fourth-order valence-electron chi connectivity index (χ4n) is 3.95. The number of ether oxygens (including phenoxy) is 1. The molecule has 0 radical (unpaired) electrons. The number of hydrogen-bond donors (Lipinski definition) is 1. The maximum Gasteiger partial charge on any atom is 0.245 e. The maximum atomic E-state index is 12.1. The van der Waals surface area contributed by atoms with Crippen LogP contribution in [-0.4, -0.2) is 38.7 Å². The van der Waals surface area contributed by atoms with Crippen molar-refractivity contribution in [3.63, 3.8) is 0 Å². The molecule has 168 valence electrons. The fraction of sp³-hybridized carbons (Fsp3) is 0.250. The Morgan fingerprint density at radius 3 is 2.94 bits per heavy atom. The lowest BCUT2D eigenvalue weighted by Crippen LogP contribution is -2.38. The van der Waals surface area contributed by atoms with Crippen molar-refractivity contribution in [3.05, 3.63) is 77.4 Å². The van der Waals surface area contributed by atoms with Crippen LogP contribution >= 0.6 is 11.6 Å². The summed E-state index contributed by atoms with van der Waals surface area (Å²) < 4.78 is 7.27. The lowest BCUT2D eigenvalue weighted by Gasteiger charge is -2.31. The number of nitrogens with two attached hydrogens (primary N) is 1. The van der Waals surface area contributed by atoms with Crippen LogP contribution in [0.25, 0.3) is 5.69 Å². The van der Waals surface area contributed by atoms with Crippen molar-refractivity contribution in [1.82, 2.24) is 19.7 Å². The summed E-state index contributed by atoms with van der Waals surface area (Å²) in [5.74, 6) is 0.314. The summed E-state index contributed by atoms with van der Waals surface area (Å²) in [6, 6.07) is 12.9. The van der Waals surface area contributed by atoms with Gasteiger partial charge in [0.05, 0.1) is 27.8 Å². The number of likely N-dealkylation sites (tertiary alicyclic amines) is 1. The van der Waals surface area contributed by atoms with Crippen LogP contribution in [0.2, 0.25) is 5.02 Å². The first-order valence-electron chi connectivity index (χ1n) is 10.5. The summed E-state index contributed by atoms with van der Waals surface area (Å²) in [7, 11) is 0. The van der Waals surface area contributed by atoms with E-state index in [2.05, 4.69) is 22.7 Å². The molecule has 1 unspecified atom stereocenters. The first-order valence-corrected chi connectivity index (χ1v) is 10.9. The van der Waals surface area contributed by atoms with Gasteiger partial charge in [-0.3, -0.25) is 9.78 Å². The number of halogens is 1. The second-order valence-corrected chi connectivity index (χ2v) is 8.13. The first-order chi connectivity index (χ1) is 16.0. The van der Waals surface area contributed by atoms with Gasteiger partial charge in [0.25, 0.3) is 0 Å². The molecule has 3 heterocycles. The van der Waals surface area contributed by atoms with Crippen molar-refractivity contribution in [1.29, 1.82) is 5.26 Å². The summed E-state index contributed by atoms with van der Waals surface area (Å²) in [4.78, 5) is 18.0. The SMILES string of the molecule is C=CC(=O)N1CCCC(c2nn(-c3ccc(OCc4ccccn4)c(Cl)c3)c(C#N)c2N)C1. The van der Waals surface area contributed by atoms with E-state index < -0.39 is 0 Å². The molecule has 2 N–H and O–H groups in total. The maximum absolute atomic E-state index is 12.1. The minimum Gasteiger partial charge on any atom is -0.486 e. The fourth-order valence-corrected chi connectivity index (χ4v) is 4.18. The minimum atomic E-state index is -0.119. The van der Waals surface area contributed by atoms with Gasteiger partial charge in [-0.2, -0.15) is 10.4 Å².